The van der Waals surface area contributed by atoms with Crippen molar-refractivity contribution < 1.29 is 27.5 Å². The molecule has 2 aliphatic rings. The number of nitrogens with one attached hydrogen (secondary N) is 1. The van der Waals surface area contributed by atoms with E-state index in [0.29, 0.717) is 25.8 Å². The minimum atomic E-state index is -3.86. The molecule has 3 rings (SSSR count). The van der Waals surface area contributed by atoms with E-state index in [1.807, 2.05) is 6.92 Å². The average Bonchev–Trinajstić information content (AvgIpc) is 3.12. The maximum atomic E-state index is 13.0. The van der Waals surface area contributed by atoms with Gasteiger partial charge in [-0.3, -0.25) is 14.5 Å². The van der Waals surface area contributed by atoms with Crippen molar-refractivity contribution in [2.75, 3.05) is 26.2 Å². The van der Waals surface area contributed by atoms with Crippen LogP contribution in [0.25, 0.3) is 0 Å². The van der Waals surface area contributed by atoms with Crippen molar-refractivity contribution in [1.29, 1.82) is 0 Å². The van der Waals surface area contributed by atoms with Crippen LogP contribution in [-0.4, -0.2) is 67.8 Å². The number of hydrogen-bond donors (Lipinski definition) is 1. The summed E-state index contributed by atoms with van der Waals surface area (Å²) >= 11 is 0. The van der Waals surface area contributed by atoms with E-state index in [9.17, 15) is 22.8 Å². The van der Waals surface area contributed by atoms with Crippen molar-refractivity contribution in [2.45, 2.75) is 37.1 Å². The summed E-state index contributed by atoms with van der Waals surface area (Å²) in [6.07, 6.45) is 1.65. The van der Waals surface area contributed by atoms with Gasteiger partial charge < -0.3 is 10.1 Å². The van der Waals surface area contributed by atoms with E-state index >= 15 is 0 Å². The van der Waals surface area contributed by atoms with Crippen LogP contribution >= 0.6 is 0 Å². The number of urea groups is 1. The Kier molecular flexibility index (Phi) is 5.99. The van der Waals surface area contributed by atoms with Gasteiger partial charge in [0.25, 0.3) is 5.91 Å². The van der Waals surface area contributed by atoms with Crippen LogP contribution in [-0.2, 0) is 24.3 Å². The third-order valence-corrected chi connectivity index (χ3v) is 6.77. The summed E-state index contributed by atoms with van der Waals surface area (Å²) in [5.74, 6) is -1.41. The Balaban J connectivity index is 1.70. The quantitative estimate of drug-likeness (QED) is 0.714. The molecule has 152 valence electrons. The first-order valence-electron chi connectivity index (χ1n) is 9.14. The highest BCUT2D eigenvalue weighted by Crippen LogP contribution is 2.26. The van der Waals surface area contributed by atoms with Gasteiger partial charge in [0.2, 0.25) is 10.0 Å². The van der Waals surface area contributed by atoms with E-state index in [1.165, 1.54) is 12.1 Å². The molecule has 0 aromatic heterocycles. The van der Waals surface area contributed by atoms with E-state index < -0.39 is 40.6 Å². The van der Waals surface area contributed by atoms with Gasteiger partial charge in [0, 0.05) is 19.6 Å². The second-order valence-corrected chi connectivity index (χ2v) is 8.72. The lowest BCUT2D eigenvalue weighted by Gasteiger charge is -2.33. The van der Waals surface area contributed by atoms with Crippen molar-refractivity contribution in [3.8, 4) is 0 Å². The number of rotatable bonds is 5. The Bertz CT molecular complexity index is 868. The Morgan fingerprint density at radius 1 is 1.18 bits per heavy atom. The molecule has 2 aliphatic heterocycles. The van der Waals surface area contributed by atoms with E-state index in [0.717, 1.165) is 14.8 Å². The van der Waals surface area contributed by atoms with Crippen LogP contribution in [0.4, 0.5) is 4.79 Å². The van der Waals surface area contributed by atoms with Gasteiger partial charge in [-0.2, -0.15) is 4.31 Å². The smallest absolute Gasteiger partial charge is 0.324 e. The highest BCUT2D eigenvalue weighted by Gasteiger charge is 2.39. The number of amides is 3. The maximum absolute atomic E-state index is 13.0. The molecule has 0 spiro atoms. The van der Waals surface area contributed by atoms with Crippen LogP contribution in [0.15, 0.2) is 29.2 Å². The number of aryl methyl sites for hydroxylation is 1. The number of sulfonamides is 1. The molecule has 2 fully saturated rings. The predicted molar refractivity (Wildman–Crippen MR) is 98.8 cm³/mol. The van der Waals surface area contributed by atoms with E-state index in [2.05, 4.69) is 5.32 Å². The monoisotopic (exact) mass is 409 g/mol. The van der Waals surface area contributed by atoms with Gasteiger partial charge in [0.15, 0.2) is 6.61 Å². The molecule has 0 aliphatic carbocycles. The molecule has 28 heavy (non-hydrogen) atoms. The molecule has 3 amide bonds. The molecule has 0 unspecified atom stereocenters. The van der Waals surface area contributed by atoms with Gasteiger partial charge >= 0.3 is 12.0 Å². The van der Waals surface area contributed by atoms with E-state index in [-0.39, 0.29) is 18.0 Å². The fourth-order valence-corrected chi connectivity index (χ4v) is 4.94. The summed E-state index contributed by atoms with van der Waals surface area (Å²) in [4.78, 5) is 37.1. The number of piperidine rings is 1. The predicted octanol–water partition coefficient (Wildman–Crippen LogP) is 0.633. The van der Waals surface area contributed by atoms with Crippen LogP contribution in [0.1, 0.15) is 24.8 Å². The normalized spacial score (nSPS) is 20.7. The fourth-order valence-electron chi connectivity index (χ4n) is 3.29. The molecule has 2 saturated heterocycles. The van der Waals surface area contributed by atoms with Crippen molar-refractivity contribution in [2.24, 2.45) is 0 Å². The Labute approximate surface area is 163 Å². The van der Waals surface area contributed by atoms with Gasteiger partial charge in [-0.1, -0.05) is 17.7 Å². The summed E-state index contributed by atoms with van der Waals surface area (Å²) < 4.78 is 32.2. The molecule has 1 aromatic carbocycles. The molecule has 1 aromatic rings. The molecule has 2 heterocycles. The number of imide groups is 1. The number of carbonyl (C=O) groups excluding carboxylic acids is 3. The topological polar surface area (TPSA) is 113 Å². The van der Waals surface area contributed by atoms with Crippen molar-refractivity contribution >= 4 is 27.9 Å². The molecular formula is C18H23N3O6S. The lowest BCUT2D eigenvalue weighted by atomic mass is 10.1. The zero-order valence-corrected chi connectivity index (χ0v) is 16.4. The third kappa shape index (κ3) is 4.17. The number of esters is 1. The second-order valence-electron chi connectivity index (χ2n) is 6.83. The van der Waals surface area contributed by atoms with Crippen LogP contribution in [0, 0.1) is 6.92 Å². The van der Waals surface area contributed by atoms with E-state index in [1.54, 1.807) is 12.1 Å². The summed E-state index contributed by atoms with van der Waals surface area (Å²) in [5, 5.41) is 2.49. The number of carbonyl (C=O) groups is 3. The zero-order chi connectivity index (χ0) is 20.3. The summed E-state index contributed by atoms with van der Waals surface area (Å²) in [6, 6.07) is 4.91. The number of benzene rings is 1. The van der Waals surface area contributed by atoms with Gasteiger partial charge in [-0.05, 0) is 38.3 Å². The fraction of sp³-hybridized carbons (Fsp3) is 0.500. The van der Waals surface area contributed by atoms with Crippen molar-refractivity contribution in [3.63, 3.8) is 0 Å². The lowest BCUT2D eigenvalue weighted by molar-refractivity contribution is -0.154. The summed E-state index contributed by atoms with van der Waals surface area (Å²) in [7, 11) is -3.86. The summed E-state index contributed by atoms with van der Waals surface area (Å²) in [5.41, 5.74) is 0.929. The maximum Gasteiger partial charge on any atom is 0.324 e. The third-order valence-electron chi connectivity index (χ3n) is 4.85. The first-order valence-corrected chi connectivity index (χ1v) is 10.6. The molecule has 0 radical (unpaired) electrons. The molecule has 1 N–H and O–H groups in total. The Morgan fingerprint density at radius 2 is 1.89 bits per heavy atom. The Morgan fingerprint density at radius 3 is 2.54 bits per heavy atom. The van der Waals surface area contributed by atoms with Gasteiger partial charge in [0.05, 0.1) is 4.90 Å². The minimum Gasteiger partial charge on any atom is -0.454 e. The van der Waals surface area contributed by atoms with Gasteiger partial charge in [-0.15, -0.1) is 0 Å². The first kappa shape index (κ1) is 20.3. The van der Waals surface area contributed by atoms with Crippen LogP contribution < -0.4 is 5.32 Å². The second kappa shape index (κ2) is 8.27. The van der Waals surface area contributed by atoms with Gasteiger partial charge in [-0.25, -0.2) is 13.2 Å². The molecule has 10 heteroatoms. The minimum absolute atomic E-state index is 0.114. The molecule has 9 nitrogen and oxygen atoms in total. The van der Waals surface area contributed by atoms with Crippen LogP contribution in [0.5, 0.6) is 0 Å². The number of hydrogen-bond acceptors (Lipinski definition) is 6. The largest absolute Gasteiger partial charge is 0.454 e. The average molecular weight is 409 g/mol. The number of ether oxygens (including phenoxy) is 1. The highest BCUT2D eigenvalue weighted by molar-refractivity contribution is 7.89. The van der Waals surface area contributed by atoms with Crippen molar-refractivity contribution in [3.05, 3.63) is 29.8 Å². The van der Waals surface area contributed by atoms with Crippen molar-refractivity contribution in [1.82, 2.24) is 14.5 Å². The summed E-state index contributed by atoms with van der Waals surface area (Å²) in [6.45, 7) is 2.03. The molecule has 0 saturated carbocycles. The van der Waals surface area contributed by atoms with Crippen LogP contribution in [0.2, 0.25) is 0 Å². The molecular weight excluding hydrogens is 386 g/mol. The highest BCUT2D eigenvalue weighted by atomic mass is 32.2. The zero-order valence-electron chi connectivity index (χ0n) is 15.6. The molecule has 1 atom stereocenters. The Hall–Kier alpha value is -2.46. The standard InChI is InChI=1S/C18H23N3O6S/c1-13-5-7-14(8-6-13)28(25,26)21-10-3-2-4-15(21)17(23)27-12-16(22)20-11-9-19-18(20)24/h5-8,15H,2-4,9-12H2,1H3,(H,19,24)/t15-/m0/s1. The number of nitrogens with zero attached hydrogens (tertiary/aromatic N) is 2. The first-order chi connectivity index (χ1) is 13.3. The molecule has 0 bridgehead atoms. The van der Waals surface area contributed by atoms with Gasteiger partial charge in [0.1, 0.15) is 6.04 Å². The van der Waals surface area contributed by atoms with Crippen LogP contribution in [0.3, 0.4) is 0 Å². The van der Waals surface area contributed by atoms with E-state index in [4.69, 9.17) is 4.74 Å². The lowest BCUT2D eigenvalue weighted by Crippen LogP contribution is -2.49. The SMILES string of the molecule is Cc1ccc(S(=O)(=O)N2CCCC[C@H]2C(=O)OCC(=O)N2CCNC2=O)cc1.